The van der Waals surface area contributed by atoms with Crippen molar-refractivity contribution in [1.82, 2.24) is 9.80 Å². The number of carbonyl (C=O) groups is 1. The Labute approximate surface area is 197 Å². The van der Waals surface area contributed by atoms with Gasteiger partial charge in [-0.15, -0.1) is 0 Å². The van der Waals surface area contributed by atoms with Gasteiger partial charge in [-0.1, -0.05) is 41.0 Å². The zero-order valence-electron chi connectivity index (χ0n) is 20.9. The van der Waals surface area contributed by atoms with Crippen molar-refractivity contribution in [2.45, 2.75) is 85.3 Å². The molecule has 2 aliphatic heterocycles. The lowest BCUT2D eigenvalue weighted by Crippen LogP contribution is -2.49. The summed E-state index contributed by atoms with van der Waals surface area (Å²) in [5, 5.41) is 0. The van der Waals surface area contributed by atoms with Crippen molar-refractivity contribution in [3.05, 3.63) is 29.6 Å². The van der Waals surface area contributed by atoms with Gasteiger partial charge in [-0.25, -0.2) is 13.2 Å². The summed E-state index contributed by atoms with van der Waals surface area (Å²) in [4.78, 5) is 17.4. The summed E-state index contributed by atoms with van der Waals surface area (Å²) in [7, 11) is 0. The molecule has 7 heteroatoms. The highest BCUT2D eigenvalue weighted by Crippen LogP contribution is 2.29. The van der Waals surface area contributed by atoms with Gasteiger partial charge in [0.25, 0.3) is 0 Å². The van der Waals surface area contributed by atoms with Crippen LogP contribution in [0.5, 0.6) is 5.75 Å². The number of halogens is 3. The Hall–Kier alpha value is -1.76. The second-order valence-electron chi connectivity index (χ2n) is 9.01. The van der Waals surface area contributed by atoms with Crippen molar-refractivity contribution in [2.24, 2.45) is 11.8 Å². The Morgan fingerprint density at radius 3 is 2.00 bits per heavy atom. The molecule has 0 spiro atoms. The van der Waals surface area contributed by atoms with Gasteiger partial charge in [0.1, 0.15) is 11.9 Å². The molecule has 2 heterocycles. The first-order valence-corrected chi connectivity index (χ1v) is 12.7. The normalized spacial score (nSPS) is 20.1. The first-order valence-electron chi connectivity index (χ1n) is 12.7. The summed E-state index contributed by atoms with van der Waals surface area (Å²) >= 11 is 0. The van der Waals surface area contributed by atoms with Crippen LogP contribution in [-0.4, -0.2) is 54.0 Å². The molecule has 2 fully saturated rings. The monoisotopic (exact) mass is 470 g/mol. The third kappa shape index (κ3) is 7.11. The molecule has 1 amide bonds. The van der Waals surface area contributed by atoms with Crippen LogP contribution in [0.25, 0.3) is 0 Å². The van der Waals surface area contributed by atoms with Crippen molar-refractivity contribution >= 4 is 5.91 Å². The zero-order chi connectivity index (χ0) is 24.5. The van der Waals surface area contributed by atoms with Crippen molar-refractivity contribution in [2.75, 3.05) is 26.2 Å². The molecule has 0 saturated carbocycles. The fourth-order valence-corrected chi connectivity index (χ4v) is 5.03. The molecule has 0 aromatic heterocycles. The molecular weight excluding hydrogens is 429 g/mol. The number of likely N-dealkylation sites (tertiary alicyclic amines) is 2. The molecule has 0 bridgehead atoms. The molecule has 188 valence electrons. The molecule has 3 rings (SSSR count). The van der Waals surface area contributed by atoms with E-state index in [1.54, 1.807) is 0 Å². The summed E-state index contributed by atoms with van der Waals surface area (Å²) < 4.78 is 46.2. The van der Waals surface area contributed by atoms with E-state index in [1.807, 2.05) is 18.7 Å². The van der Waals surface area contributed by atoms with Crippen molar-refractivity contribution in [1.29, 1.82) is 0 Å². The molecule has 1 aromatic rings. The van der Waals surface area contributed by atoms with E-state index in [0.717, 1.165) is 32.4 Å². The number of amides is 1. The number of hydrogen-bond acceptors (Lipinski definition) is 3. The molecule has 0 aliphatic carbocycles. The van der Waals surface area contributed by atoms with E-state index < -0.39 is 23.2 Å². The number of piperidine rings is 2. The average molecular weight is 471 g/mol. The first-order chi connectivity index (χ1) is 15.8. The molecule has 2 unspecified atom stereocenters. The summed E-state index contributed by atoms with van der Waals surface area (Å²) in [5.41, 5.74) is 0. The largest absolute Gasteiger partial charge is 0.484 e. The highest BCUT2D eigenvalue weighted by Gasteiger charge is 2.34. The SMILES string of the molecule is CC.CCC(C)C(CC)N1CCC(C(=O)N2CCC(Oc3c(F)cc(F)cc3F)CC2)CC1. The van der Waals surface area contributed by atoms with E-state index in [-0.39, 0.29) is 17.9 Å². The fraction of sp³-hybridized carbons (Fsp3) is 0.731. The Balaban J connectivity index is 0.00000187. The van der Waals surface area contributed by atoms with Crippen molar-refractivity contribution < 1.29 is 22.7 Å². The maximum Gasteiger partial charge on any atom is 0.225 e. The predicted molar refractivity (Wildman–Crippen MR) is 126 cm³/mol. The standard InChI is InChI=1S/C24H35F3N2O2.C2H6/c1-4-16(3)22(5-2)28-10-6-17(7-11-28)24(30)29-12-8-19(9-13-29)31-23-20(26)14-18(25)15-21(23)27;1-2/h14-17,19,22H,4-13H2,1-3H3;1-2H3. The van der Waals surface area contributed by atoms with Gasteiger partial charge in [0.05, 0.1) is 0 Å². The number of nitrogens with zero attached hydrogens (tertiary/aromatic N) is 2. The number of rotatable bonds is 7. The fourth-order valence-electron chi connectivity index (χ4n) is 5.03. The molecule has 4 nitrogen and oxygen atoms in total. The van der Waals surface area contributed by atoms with Gasteiger partial charge < -0.3 is 14.5 Å². The third-order valence-corrected chi connectivity index (χ3v) is 7.07. The Kier molecular flexibility index (Phi) is 11.0. The lowest BCUT2D eigenvalue weighted by Gasteiger charge is -2.41. The summed E-state index contributed by atoms with van der Waals surface area (Å²) in [6.45, 7) is 13.7. The molecule has 0 radical (unpaired) electrons. The van der Waals surface area contributed by atoms with Gasteiger partial charge >= 0.3 is 0 Å². The average Bonchev–Trinajstić information content (AvgIpc) is 2.83. The zero-order valence-corrected chi connectivity index (χ0v) is 20.9. The quantitative estimate of drug-likeness (QED) is 0.487. The molecule has 0 N–H and O–H groups in total. The van der Waals surface area contributed by atoms with E-state index in [9.17, 15) is 18.0 Å². The van der Waals surface area contributed by atoms with Crippen LogP contribution >= 0.6 is 0 Å². The second-order valence-corrected chi connectivity index (χ2v) is 9.01. The topological polar surface area (TPSA) is 32.8 Å². The highest BCUT2D eigenvalue weighted by atomic mass is 19.1. The molecule has 2 atom stereocenters. The maximum absolute atomic E-state index is 13.8. The van der Waals surface area contributed by atoms with Crippen molar-refractivity contribution in [3.63, 3.8) is 0 Å². The van der Waals surface area contributed by atoms with Crippen LogP contribution in [0.15, 0.2) is 12.1 Å². The van der Waals surface area contributed by atoms with Gasteiger partial charge in [-0.2, -0.15) is 0 Å². The number of carbonyl (C=O) groups excluding carboxylic acids is 1. The minimum Gasteiger partial charge on any atom is -0.484 e. The van der Waals surface area contributed by atoms with Crippen LogP contribution in [0.2, 0.25) is 0 Å². The number of ether oxygens (including phenoxy) is 1. The number of hydrogen-bond donors (Lipinski definition) is 0. The predicted octanol–water partition coefficient (Wildman–Crippen LogP) is 6.04. The molecule has 2 saturated heterocycles. The molecule has 33 heavy (non-hydrogen) atoms. The van der Waals surface area contributed by atoms with Gasteiger partial charge in [-0.05, 0) is 38.3 Å². The molecular formula is C26H41F3N2O2. The second kappa shape index (κ2) is 13.2. The van der Waals surface area contributed by atoms with E-state index in [4.69, 9.17) is 4.74 Å². The van der Waals surface area contributed by atoms with Gasteiger partial charge in [-0.3, -0.25) is 4.79 Å². The smallest absolute Gasteiger partial charge is 0.225 e. The van der Waals surface area contributed by atoms with Crippen LogP contribution < -0.4 is 4.74 Å². The van der Waals surface area contributed by atoms with Crippen molar-refractivity contribution in [3.8, 4) is 5.75 Å². The third-order valence-electron chi connectivity index (χ3n) is 7.07. The van der Waals surface area contributed by atoms with E-state index in [1.165, 1.54) is 6.42 Å². The lowest BCUT2D eigenvalue weighted by atomic mass is 9.89. The Morgan fingerprint density at radius 1 is 0.970 bits per heavy atom. The van der Waals surface area contributed by atoms with E-state index >= 15 is 0 Å². The van der Waals surface area contributed by atoms with Crippen LogP contribution in [0, 0.1) is 29.3 Å². The van der Waals surface area contributed by atoms with Crippen LogP contribution in [0.1, 0.15) is 73.1 Å². The maximum atomic E-state index is 13.8. The van der Waals surface area contributed by atoms with Crippen LogP contribution in [0.3, 0.4) is 0 Å². The highest BCUT2D eigenvalue weighted by molar-refractivity contribution is 5.79. The lowest BCUT2D eigenvalue weighted by molar-refractivity contribution is -0.139. The van der Waals surface area contributed by atoms with Gasteiger partial charge in [0.15, 0.2) is 17.4 Å². The van der Waals surface area contributed by atoms with E-state index in [2.05, 4.69) is 25.7 Å². The first kappa shape index (κ1) is 27.5. The molecule has 2 aliphatic rings. The summed E-state index contributed by atoms with van der Waals surface area (Å²) in [6.07, 6.45) is 4.69. The number of benzene rings is 1. The summed E-state index contributed by atoms with van der Waals surface area (Å²) in [5.74, 6) is -2.68. The summed E-state index contributed by atoms with van der Waals surface area (Å²) in [6, 6.07) is 1.82. The minimum absolute atomic E-state index is 0.0511. The Morgan fingerprint density at radius 2 is 1.52 bits per heavy atom. The minimum atomic E-state index is -1.04. The molecule has 1 aromatic carbocycles. The Bertz CT molecular complexity index is 722. The van der Waals surface area contributed by atoms with Gasteiger partial charge in [0.2, 0.25) is 5.91 Å². The van der Waals surface area contributed by atoms with E-state index in [0.29, 0.717) is 50.0 Å². The van der Waals surface area contributed by atoms with Crippen LogP contribution in [-0.2, 0) is 4.79 Å². The van der Waals surface area contributed by atoms with Gasteiger partial charge in [0, 0.05) is 50.0 Å². The van der Waals surface area contributed by atoms with Crippen LogP contribution in [0.4, 0.5) is 13.2 Å².